The van der Waals surface area contributed by atoms with E-state index in [1.807, 2.05) is 27.7 Å². The van der Waals surface area contributed by atoms with E-state index < -0.39 is 24.6 Å². The van der Waals surface area contributed by atoms with E-state index >= 15 is 0 Å². The molecule has 0 aliphatic heterocycles. The van der Waals surface area contributed by atoms with Gasteiger partial charge in [-0.2, -0.15) is 13.2 Å². The Morgan fingerprint density at radius 2 is 1.45 bits per heavy atom. The Morgan fingerprint density at radius 1 is 1.05 bits per heavy atom. The van der Waals surface area contributed by atoms with Crippen LogP contribution in [0.4, 0.5) is 13.2 Å². The summed E-state index contributed by atoms with van der Waals surface area (Å²) in [6.45, 7) is 8.34. The van der Waals surface area contributed by atoms with E-state index in [1.54, 1.807) is 0 Å². The van der Waals surface area contributed by atoms with Crippen LogP contribution in [0.5, 0.6) is 0 Å². The highest BCUT2D eigenvalue weighted by molar-refractivity contribution is 5.67. The first kappa shape index (κ1) is 19.2. The van der Waals surface area contributed by atoms with Gasteiger partial charge in [0, 0.05) is 0 Å². The van der Waals surface area contributed by atoms with Crippen LogP contribution < -0.4 is 0 Å². The molecule has 0 amide bonds. The minimum absolute atomic E-state index is 0.280. The van der Waals surface area contributed by atoms with E-state index in [0.29, 0.717) is 12.8 Å². The summed E-state index contributed by atoms with van der Waals surface area (Å²) in [5.41, 5.74) is 0. The van der Waals surface area contributed by atoms with Gasteiger partial charge in [0.05, 0.1) is 6.42 Å². The van der Waals surface area contributed by atoms with Crippen LogP contribution in [0.3, 0.4) is 0 Å². The lowest BCUT2D eigenvalue weighted by Crippen LogP contribution is -2.48. The molecule has 0 fully saturated rings. The van der Waals surface area contributed by atoms with Gasteiger partial charge in [-0.25, -0.2) is 0 Å². The third kappa shape index (κ3) is 8.40. The Bertz CT molecular complexity index is 279. The Balaban J connectivity index is 4.91. The highest BCUT2D eigenvalue weighted by atomic mass is 19.4. The molecular formula is C14H26F3NO2. The molecule has 0 aromatic heterocycles. The smallest absolute Gasteiger partial charge is 0.404 e. The average Bonchev–Trinajstić information content (AvgIpc) is 2.24. The van der Waals surface area contributed by atoms with Crippen molar-refractivity contribution in [3.8, 4) is 0 Å². The molecule has 0 saturated carbocycles. The molecule has 0 bridgehead atoms. The summed E-state index contributed by atoms with van der Waals surface area (Å²) in [7, 11) is 0. The Hall–Kier alpha value is -0.780. The van der Waals surface area contributed by atoms with Crippen LogP contribution in [0.1, 0.15) is 47.0 Å². The van der Waals surface area contributed by atoms with Gasteiger partial charge >= 0.3 is 12.1 Å². The second kappa shape index (κ2) is 8.49. The maximum absolute atomic E-state index is 13.1. The fourth-order valence-electron chi connectivity index (χ4n) is 1.89. The van der Waals surface area contributed by atoms with Crippen LogP contribution >= 0.6 is 0 Å². The molecule has 0 heterocycles. The highest BCUT2D eigenvalue weighted by Crippen LogP contribution is 2.28. The Morgan fingerprint density at radius 3 is 1.70 bits per heavy atom. The van der Waals surface area contributed by atoms with E-state index in [4.69, 9.17) is 5.11 Å². The first-order valence-electron chi connectivity index (χ1n) is 7.06. The summed E-state index contributed by atoms with van der Waals surface area (Å²) in [5, 5.41) is 8.72. The zero-order chi connectivity index (χ0) is 15.9. The molecule has 0 rings (SSSR count). The average molecular weight is 297 g/mol. The monoisotopic (exact) mass is 297 g/mol. The highest BCUT2D eigenvalue weighted by Gasteiger charge is 2.44. The molecule has 0 radical (unpaired) electrons. The van der Waals surface area contributed by atoms with Crippen molar-refractivity contribution in [3.05, 3.63) is 0 Å². The van der Waals surface area contributed by atoms with Crippen molar-refractivity contribution < 1.29 is 23.1 Å². The summed E-state index contributed by atoms with van der Waals surface area (Å²) >= 11 is 0. The maximum atomic E-state index is 13.1. The number of hydrogen-bond acceptors (Lipinski definition) is 2. The van der Waals surface area contributed by atoms with E-state index in [1.165, 1.54) is 4.90 Å². The van der Waals surface area contributed by atoms with E-state index in [2.05, 4.69) is 0 Å². The molecule has 0 aromatic carbocycles. The lowest BCUT2D eigenvalue weighted by molar-refractivity contribution is -0.191. The van der Waals surface area contributed by atoms with Gasteiger partial charge in [-0.15, -0.1) is 0 Å². The Kier molecular flexibility index (Phi) is 8.16. The molecule has 20 heavy (non-hydrogen) atoms. The third-order valence-electron chi connectivity index (χ3n) is 3.17. The molecule has 3 nitrogen and oxygen atoms in total. The largest absolute Gasteiger partial charge is 0.481 e. The van der Waals surface area contributed by atoms with Gasteiger partial charge in [-0.1, -0.05) is 27.7 Å². The molecule has 0 aliphatic rings. The van der Waals surface area contributed by atoms with Gasteiger partial charge in [-0.05, 0) is 37.8 Å². The van der Waals surface area contributed by atoms with Crippen LogP contribution in [0.25, 0.3) is 0 Å². The minimum atomic E-state index is -4.51. The molecule has 120 valence electrons. The van der Waals surface area contributed by atoms with Crippen LogP contribution in [0, 0.1) is 11.8 Å². The predicted molar refractivity (Wildman–Crippen MR) is 72.6 cm³/mol. The normalized spacial score (nSPS) is 14.3. The molecule has 1 unspecified atom stereocenters. The fourth-order valence-corrected chi connectivity index (χ4v) is 1.89. The SMILES string of the molecule is CC(C)CCN(CCC(C)C)C(CC(=O)O)C(F)(F)F. The van der Waals surface area contributed by atoms with E-state index in [-0.39, 0.29) is 24.9 Å². The zero-order valence-electron chi connectivity index (χ0n) is 12.7. The number of halogens is 3. The topological polar surface area (TPSA) is 40.5 Å². The van der Waals surface area contributed by atoms with E-state index in [0.717, 1.165) is 0 Å². The van der Waals surface area contributed by atoms with Crippen LogP contribution in [0.15, 0.2) is 0 Å². The second-order valence-electron chi connectivity index (χ2n) is 6.06. The molecule has 1 N–H and O–H groups in total. The first-order valence-corrected chi connectivity index (χ1v) is 7.06. The number of aliphatic carboxylic acids is 1. The molecule has 0 aromatic rings. The number of carboxylic acids is 1. The van der Waals surface area contributed by atoms with Gasteiger partial charge in [0.2, 0.25) is 0 Å². The van der Waals surface area contributed by atoms with Crippen molar-refractivity contribution in [2.45, 2.75) is 59.2 Å². The van der Waals surface area contributed by atoms with Crippen molar-refractivity contribution in [2.24, 2.45) is 11.8 Å². The second-order valence-corrected chi connectivity index (χ2v) is 6.06. The summed E-state index contributed by atoms with van der Waals surface area (Å²) in [5.74, 6) is -0.836. The zero-order valence-corrected chi connectivity index (χ0v) is 12.7. The lowest BCUT2D eigenvalue weighted by Gasteiger charge is -2.33. The maximum Gasteiger partial charge on any atom is 0.404 e. The first-order chi connectivity index (χ1) is 9.04. The van der Waals surface area contributed by atoms with Crippen molar-refractivity contribution in [3.63, 3.8) is 0 Å². The number of nitrogens with zero attached hydrogens (tertiary/aromatic N) is 1. The van der Waals surface area contributed by atoms with Crippen LogP contribution in [0.2, 0.25) is 0 Å². The van der Waals surface area contributed by atoms with Crippen LogP contribution in [-0.4, -0.2) is 41.3 Å². The van der Waals surface area contributed by atoms with Crippen molar-refractivity contribution in [1.29, 1.82) is 0 Å². The Labute approximate surface area is 119 Å². The number of carbonyl (C=O) groups is 1. The molecule has 6 heteroatoms. The van der Waals surface area contributed by atoms with Crippen LogP contribution in [-0.2, 0) is 4.79 Å². The number of alkyl halides is 3. The molecule has 0 spiro atoms. The summed E-state index contributed by atoms with van der Waals surface area (Å²) < 4.78 is 39.2. The number of hydrogen-bond donors (Lipinski definition) is 1. The van der Waals surface area contributed by atoms with Crippen molar-refractivity contribution in [2.75, 3.05) is 13.1 Å². The summed E-state index contributed by atoms with van der Waals surface area (Å²) in [6, 6.07) is -1.89. The van der Waals surface area contributed by atoms with Crippen molar-refractivity contribution >= 4 is 5.97 Å². The number of rotatable bonds is 9. The standard InChI is InChI=1S/C14H26F3NO2/c1-10(2)5-7-18(8-6-11(3)4)12(9-13(19)20)14(15,16)17/h10-12H,5-9H2,1-4H3,(H,19,20). The predicted octanol–water partition coefficient (Wildman–Crippen LogP) is 3.79. The number of carboxylic acid groups (broad SMARTS) is 1. The molecule has 1 atom stereocenters. The van der Waals surface area contributed by atoms with Gasteiger partial charge in [0.15, 0.2) is 0 Å². The molecular weight excluding hydrogens is 271 g/mol. The fraction of sp³-hybridized carbons (Fsp3) is 0.929. The third-order valence-corrected chi connectivity index (χ3v) is 3.17. The van der Waals surface area contributed by atoms with Crippen molar-refractivity contribution in [1.82, 2.24) is 4.90 Å². The summed E-state index contributed by atoms with van der Waals surface area (Å²) in [4.78, 5) is 12.0. The lowest BCUT2D eigenvalue weighted by atomic mass is 10.1. The quantitative estimate of drug-likeness (QED) is 0.704. The van der Waals surface area contributed by atoms with Gasteiger partial charge in [0.1, 0.15) is 6.04 Å². The minimum Gasteiger partial charge on any atom is -0.481 e. The van der Waals surface area contributed by atoms with E-state index in [9.17, 15) is 18.0 Å². The van der Waals surface area contributed by atoms with Gasteiger partial charge in [-0.3, -0.25) is 9.69 Å². The van der Waals surface area contributed by atoms with Gasteiger partial charge in [0.25, 0.3) is 0 Å². The van der Waals surface area contributed by atoms with Gasteiger partial charge < -0.3 is 5.11 Å². The molecule has 0 aliphatic carbocycles. The molecule has 0 saturated heterocycles. The summed E-state index contributed by atoms with van der Waals surface area (Å²) in [6.07, 6.45) is -4.14.